The third kappa shape index (κ3) is 8.63. The molecule has 1 aromatic heterocycles. The van der Waals surface area contributed by atoms with Gasteiger partial charge >= 0.3 is 24.6 Å². The molecule has 4 aromatic carbocycles. The third-order valence-electron chi connectivity index (χ3n) is 6.85. The second-order valence-corrected chi connectivity index (χ2v) is 10.1. The number of aryl methyl sites for hydroxylation is 1. The average Bonchev–Trinajstić information content (AvgIpc) is 3.26. The van der Waals surface area contributed by atoms with E-state index in [4.69, 9.17) is 0 Å². The highest BCUT2D eigenvalue weighted by Gasteiger charge is 2.31. The van der Waals surface area contributed by atoms with Gasteiger partial charge in [0.25, 0.3) is 0 Å². The molecule has 7 nitrogen and oxygen atoms in total. The maximum atomic E-state index is 12.6. The average molecular weight is 682 g/mol. The monoisotopic (exact) mass is 681 g/mol. The Balaban J connectivity index is 0.000000217. The SMILES string of the molecule is Cn1c2ccccc2c(C([O-])=Nc2ccc(C(F)(F)F)cc2)[n+]1C.O=C(Nc1ccc(C(F)(F)F)cc1)Nc1ccc(C(F)(F)F)cc1. The Kier molecular flexibility index (Phi) is 10.1. The number of nitrogens with one attached hydrogen (secondary N) is 2. The Hall–Kier alpha value is -5.54. The Morgan fingerprint density at radius 2 is 1.06 bits per heavy atom. The van der Waals surface area contributed by atoms with E-state index in [0.717, 1.165) is 71.6 Å². The number of halogens is 9. The molecule has 0 fully saturated rings. The minimum absolute atomic E-state index is 0.104. The summed E-state index contributed by atoms with van der Waals surface area (Å²) in [6, 6.07) is 18.2. The molecule has 16 heteroatoms. The first kappa shape index (κ1) is 35.3. The molecule has 5 aromatic rings. The van der Waals surface area contributed by atoms with Gasteiger partial charge in [0.1, 0.15) is 5.52 Å². The van der Waals surface area contributed by atoms with Gasteiger partial charge in [0.15, 0.2) is 7.05 Å². The molecule has 0 spiro atoms. The van der Waals surface area contributed by atoms with Crippen LogP contribution in [0.25, 0.3) is 10.9 Å². The second kappa shape index (κ2) is 13.7. The lowest BCUT2D eigenvalue weighted by atomic mass is 10.2. The van der Waals surface area contributed by atoms with E-state index in [1.165, 1.54) is 12.1 Å². The van der Waals surface area contributed by atoms with Gasteiger partial charge in [-0.2, -0.15) is 44.2 Å². The molecule has 1 heterocycles. The standard InChI is InChI=1S/C17H14F3N3O.C15H10F6N2O/c1-22-14-6-4-3-5-13(14)15(23(22)2)16(24)21-12-9-7-11(8-10-12)17(18,19)20;16-14(17,18)9-1-5-11(6-2-9)22-13(24)23-12-7-3-10(4-8-12)15(19,20)21/h3-10H,1-2H3;1-8H,(H2,22,23,24). The lowest BCUT2D eigenvalue weighted by Crippen LogP contribution is -2.44. The number of aliphatic imine (C=N–C) groups is 1. The second-order valence-electron chi connectivity index (χ2n) is 10.1. The maximum absolute atomic E-state index is 12.6. The minimum Gasteiger partial charge on any atom is -0.854 e. The van der Waals surface area contributed by atoms with Gasteiger partial charge < -0.3 is 15.7 Å². The van der Waals surface area contributed by atoms with Crippen LogP contribution in [-0.4, -0.2) is 16.6 Å². The van der Waals surface area contributed by atoms with Gasteiger partial charge in [-0.05, 0) is 84.9 Å². The van der Waals surface area contributed by atoms with E-state index in [1.54, 1.807) is 11.7 Å². The molecular formula is C32H24F9N5O2. The number of alkyl halides is 9. The summed E-state index contributed by atoms with van der Waals surface area (Å²) in [5, 5.41) is 17.8. The Morgan fingerprint density at radius 1 is 0.667 bits per heavy atom. The molecule has 0 unspecified atom stereocenters. The molecule has 2 N–H and O–H groups in total. The normalized spacial score (nSPS) is 12.4. The van der Waals surface area contributed by atoms with Crippen LogP contribution in [0.4, 0.5) is 61.4 Å². The van der Waals surface area contributed by atoms with Gasteiger partial charge in [0, 0.05) is 11.4 Å². The number of benzene rings is 4. The number of para-hydroxylation sites is 1. The van der Waals surface area contributed by atoms with E-state index in [0.29, 0.717) is 5.69 Å². The van der Waals surface area contributed by atoms with Crippen molar-refractivity contribution in [1.82, 2.24) is 4.68 Å². The van der Waals surface area contributed by atoms with Crippen molar-refractivity contribution < 1.29 is 54.1 Å². The predicted octanol–water partition coefficient (Wildman–Crippen LogP) is 7.83. The molecule has 48 heavy (non-hydrogen) atoms. The van der Waals surface area contributed by atoms with Gasteiger partial charge in [-0.3, -0.25) is 4.99 Å². The number of amides is 2. The molecule has 2 amide bonds. The zero-order valence-electron chi connectivity index (χ0n) is 24.8. The van der Waals surface area contributed by atoms with Crippen LogP contribution in [0, 0.1) is 0 Å². The fraction of sp³-hybridized carbons (Fsp3) is 0.156. The van der Waals surface area contributed by atoms with Crippen LogP contribution in [0.1, 0.15) is 22.4 Å². The first-order chi connectivity index (χ1) is 22.3. The number of fused-ring (bicyclic) bond motifs is 1. The van der Waals surface area contributed by atoms with Crippen LogP contribution in [0.5, 0.6) is 0 Å². The molecule has 0 aliphatic rings. The number of nitrogens with zero attached hydrogens (tertiary/aromatic N) is 3. The van der Waals surface area contributed by atoms with Crippen LogP contribution in [0.2, 0.25) is 0 Å². The van der Waals surface area contributed by atoms with E-state index >= 15 is 0 Å². The summed E-state index contributed by atoms with van der Waals surface area (Å²) in [4.78, 5) is 15.6. The smallest absolute Gasteiger partial charge is 0.416 e. The molecule has 0 radical (unpaired) electrons. The van der Waals surface area contributed by atoms with Crippen molar-refractivity contribution in [2.75, 3.05) is 10.6 Å². The molecule has 0 aliphatic heterocycles. The minimum atomic E-state index is -4.49. The van der Waals surface area contributed by atoms with E-state index in [1.807, 2.05) is 36.0 Å². The zero-order valence-corrected chi connectivity index (χ0v) is 24.8. The van der Waals surface area contributed by atoms with Crippen molar-refractivity contribution >= 4 is 39.9 Å². The largest absolute Gasteiger partial charge is 0.854 e. The first-order valence-corrected chi connectivity index (χ1v) is 13.6. The summed E-state index contributed by atoms with van der Waals surface area (Å²) in [5.41, 5.74) is -0.864. The molecule has 0 bridgehead atoms. The molecule has 252 valence electrons. The first-order valence-electron chi connectivity index (χ1n) is 13.6. The van der Waals surface area contributed by atoms with Crippen molar-refractivity contribution in [1.29, 1.82) is 0 Å². The Bertz CT molecular complexity index is 1850. The lowest BCUT2D eigenvalue weighted by Gasteiger charge is -2.11. The summed E-state index contributed by atoms with van der Waals surface area (Å²) >= 11 is 0. The van der Waals surface area contributed by atoms with Crippen molar-refractivity contribution in [3.63, 3.8) is 0 Å². The van der Waals surface area contributed by atoms with Crippen LogP contribution < -0.4 is 20.4 Å². The summed E-state index contributed by atoms with van der Waals surface area (Å²) in [7, 11) is 3.55. The summed E-state index contributed by atoms with van der Waals surface area (Å²) in [6.45, 7) is 0. The highest BCUT2D eigenvalue weighted by molar-refractivity contribution is 6.02. The van der Waals surface area contributed by atoms with Gasteiger partial charge in [-0.25, -0.2) is 4.79 Å². The van der Waals surface area contributed by atoms with Crippen molar-refractivity contribution in [3.8, 4) is 0 Å². The van der Waals surface area contributed by atoms with Crippen LogP contribution >= 0.6 is 0 Å². The summed E-state index contributed by atoms with van der Waals surface area (Å²) < 4.78 is 116. The number of hydrogen-bond acceptors (Lipinski definition) is 3. The van der Waals surface area contributed by atoms with Crippen LogP contribution in [-0.2, 0) is 32.6 Å². The van der Waals surface area contributed by atoms with Gasteiger partial charge in [-0.1, -0.05) is 12.1 Å². The number of carbonyl (C=O) groups excluding carboxylic acids is 1. The molecule has 0 aliphatic carbocycles. The lowest BCUT2D eigenvalue weighted by molar-refractivity contribution is -0.751. The number of rotatable bonds is 4. The Labute approximate surface area is 266 Å². The third-order valence-corrected chi connectivity index (χ3v) is 6.85. The van der Waals surface area contributed by atoms with E-state index in [9.17, 15) is 49.4 Å². The van der Waals surface area contributed by atoms with Crippen molar-refractivity contribution in [3.05, 3.63) is 119 Å². The number of aromatic nitrogens is 2. The molecule has 0 atom stereocenters. The Morgan fingerprint density at radius 3 is 1.48 bits per heavy atom. The van der Waals surface area contributed by atoms with E-state index in [2.05, 4.69) is 15.6 Å². The number of anilines is 2. The maximum Gasteiger partial charge on any atom is 0.416 e. The van der Waals surface area contributed by atoms with Crippen molar-refractivity contribution in [2.24, 2.45) is 19.1 Å². The molecular weight excluding hydrogens is 657 g/mol. The molecule has 0 saturated heterocycles. The number of carbonyl (C=O) groups is 1. The van der Waals surface area contributed by atoms with Gasteiger partial charge in [0.05, 0.1) is 40.7 Å². The van der Waals surface area contributed by atoms with Crippen molar-refractivity contribution in [2.45, 2.75) is 18.5 Å². The quantitative estimate of drug-likeness (QED) is 0.0878. The highest BCUT2D eigenvalue weighted by Crippen LogP contribution is 2.32. The molecule has 5 rings (SSSR count). The van der Waals surface area contributed by atoms with Crippen LogP contribution in [0.15, 0.2) is 102 Å². The fourth-order valence-electron chi connectivity index (χ4n) is 4.37. The predicted molar refractivity (Wildman–Crippen MR) is 157 cm³/mol. The van der Waals surface area contributed by atoms with Gasteiger partial charge in [-0.15, -0.1) is 4.68 Å². The van der Waals surface area contributed by atoms with Gasteiger partial charge in [0.2, 0.25) is 5.69 Å². The molecule has 0 saturated carbocycles. The van der Waals surface area contributed by atoms with E-state index in [-0.39, 0.29) is 17.1 Å². The topological polar surface area (TPSA) is 85.4 Å². The fourth-order valence-corrected chi connectivity index (χ4v) is 4.37. The number of hydrogen-bond donors (Lipinski definition) is 2. The summed E-state index contributed by atoms with van der Waals surface area (Å²) in [6.07, 6.45) is -13.4. The highest BCUT2D eigenvalue weighted by atomic mass is 19.4. The number of urea groups is 1. The van der Waals surface area contributed by atoms with Crippen LogP contribution in [0.3, 0.4) is 0 Å². The zero-order chi connectivity index (χ0) is 35.4. The van der Waals surface area contributed by atoms with E-state index < -0.39 is 47.1 Å². The summed E-state index contributed by atoms with van der Waals surface area (Å²) in [5.74, 6) is -0.506.